The van der Waals surface area contributed by atoms with E-state index in [4.69, 9.17) is 16.7 Å². The van der Waals surface area contributed by atoms with E-state index in [9.17, 15) is 4.79 Å². The lowest BCUT2D eigenvalue weighted by molar-refractivity contribution is -0.132. The van der Waals surface area contributed by atoms with Crippen LogP contribution < -0.4 is 5.32 Å². The van der Waals surface area contributed by atoms with Crippen molar-refractivity contribution in [3.8, 4) is 0 Å². The number of carboxylic acid groups (broad SMARTS) is 1. The Morgan fingerprint density at radius 1 is 1.92 bits per heavy atom. The predicted molar refractivity (Wildman–Crippen MR) is 46.2 cm³/mol. The smallest absolute Gasteiger partial charge is 0.355 e. The summed E-state index contributed by atoms with van der Waals surface area (Å²) in [6, 6.07) is 0. The molecule has 0 bridgehead atoms. The molecule has 5 heteroatoms. The van der Waals surface area contributed by atoms with Gasteiger partial charge in [-0.15, -0.1) is 0 Å². The van der Waals surface area contributed by atoms with Gasteiger partial charge in [-0.05, 0) is 6.42 Å². The van der Waals surface area contributed by atoms with Crippen LogP contribution in [0, 0.1) is 0 Å². The number of halogens is 1. The molecular formula is C7H9ClN2O2. The number of hydrogen-bond donors (Lipinski definition) is 2. The maximum atomic E-state index is 10.4. The summed E-state index contributed by atoms with van der Waals surface area (Å²) < 4.78 is 0. The molecular weight excluding hydrogens is 180 g/mol. The van der Waals surface area contributed by atoms with Crippen molar-refractivity contribution in [2.75, 3.05) is 0 Å². The van der Waals surface area contributed by atoms with E-state index in [0.29, 0.717) is 6.42 Å². The van der Waals surface area contributed by atoms with E-state index < -0.39 is 11.0 Å². The van der Waals surface area contributed by atoms with E-state index in [-0.39, 0.29) is 5.70 Å². The van der Waals surface area contributed by atoms with Crippen molar-refractivity contribution in [2.45, 2.75) is 18.3 Å². The SMILES string of the molecule is CCC1(Cl)C=NC(C(=O)O)=CN1. The van der Waals surface area contributed by atoms with Crippen LogP contribution in [0.15, 0.2) is 16.9 Å². The summed E-state index contributed by atoms with van der Waals surface area (Å²) in [7, 11) is 0. The van der Waals surface area contributed by atoms with E-state index in [1.807, 2.05) is 6.92 Å². The van der Waals surface area contributed by atoms with Crippen LogP contribution in [0.4, 0.5) is 0 Å². The molecule has 0 saturated heterocycles. The fourth-order valence-electron chi connectivity index (χ4n) is 0.745. The second kappa shape index (κ2) is 3.15. The molecule has 0 aromatic rings. The van der Waals surface area contributed by atoms with Crippen molar-refractivity contribution in [2.24, 2.45) is 4.99 Å². The summed E-state index contributed by atoms with van der Waals surface area (Å²) in [5.74, 6) is -1.06. The molecule has 1 aliphatic rings. The van der Waals surface area contributed by atoms with Gasteiger partial charge in [0, 0.05) is 12.4 Å². The zero-order chi connectivity index (χ0) is 9.19. The Balaban J connectivity index is 2.74. The van der Waals surface area contributed by atoms with Crippen molar-refractivity contribution < 1.29 is 9.90 Å². The van der Waals surface area contributed by atoms with E-state index in [0.717, 1.165) is 0 Å². The van der Waals surface area contributed by atoms with Crippen LogP contribution in [0.1, 0.15) is 13.3 Å². The van der Waals surface area contributed by atoms with Gasteiger partial charge in [-0.2, -0.15) is 0 Å². The van der Waals surface area contributed by atoms with Crippen LogP contribution in [-0.2, 0) is 4.79 Å². The minimum atomic E-state index is -1.06. The Labute approximate surface area is 74.9 Å². The largest absolute Gasteiger partial charge is 0.476 e. The van der Waals surface area contributed by atoms with Gasteiger partial charge in [0.15, 0.2) is 5.70 Å². The van der Waals surface area contributed by atoms with Crippen LogP contribution in [0.25, 0.3) is 0 Å². The van der Waals surface area contributed by atoms with Gasteiger partial charge in [0.25, 0.3) is 0 Å². The highest BCUT2D eigenvalue weighted by molar-refractivity contribution is 6.32. The highest BCUT2D eigenvalue weighted by Crippen LogP contribution is 2.17. The Hall–Kier alpha value is -1.03. The van der Waals surface area contributed by atoms with Gasteiger partial charge >= 0.3 is 5.97 Å². The van der Waals surface area contributed by atoms with Gasteiger partial charge in [0.1, 0.15) is 5.00 Å². The summed E-state index contributed by atoms with van der Waals surface area (Å²) in [5.41, 5.74) is -0.0280. The molecule has 0 aromatic heterocycles. The first-order chi connectivity index (χ1) is 5.57. The molecule has 66 valence electrons. The van der Waals surface area contributed by atoms with Gasteiger partial charge in [0.2, 0.25) is 0 Å². The van der Waals surface area contributed by atoms with E-state index >= 15 is 0 Å². The van der Waals surface area contributed by atoms with Gasteiger partial charge in [-0.3, -0.25) is 0 Å². The van der Waals surface area contributed by atoms with Gasteiger partial charge < -0.3 is 10.4 Å². The molecule has 0 amide bonds. The predicted octanol–water partition coefficient (Wildman–Crippen LogP) is 0.931. The fourth-order valence-corrected chi connectivity index (χ4v) is 0.848. The third kappa shape index (κ3) is 1.76. The summed E-state index contributed by atoms with van der Waals surface area (Å²) in [4.78, 5) is 13.4. The maximum Gasteiger partial charge on any atom is 0.355 e. The second-order valence-electron chi connectivity index (χ2n) is 2.45. The summed E-state index contributed by atoms with van der Waals surface area (Å²) in [6.07, 6.45) is 3.35. The minimum Gasteiger partial charge on any atom is -0.476 e. The number of alkyl halides is 1. The normalized spacial score (nSPS) is 27.7. The summed E-state index contributed by atoms with van der Waals surface area (Å²) >= 11 is 5.93. The first-order valence-electron chi connectivity index (χ1n) is 3.53. The third-order valence-electron chi connectivity index (χ3n) is 1.59. The number of aliphatic imine (C=N–C) groups is 1. The molecule has 0 spiro atoms. The Kier molecular flexibility index (Phi) is 2.38. The Morgan fingerprint density at radius 3 is 2.92 bits per heavy atom. The lowest BCUT2D eigenvalue weighted by atomic mass is 10.2. The van der Waals surface area contributed by atoms with Gasteiger partial charge in [-0.25, -0.2) is 9.79 Å². The Morgan fingerprint density at radius 2 is 2.58 bits per heavy atom. The standard InChI is InChI=1S/C7H9ClN2O2/c1-2-7(8)4-9-5(3-10-7)6(11)12/h3-4,10H,2H2,1H3,(H,11,12). The molecule has 0 radical (unpaired) electrons. The minimum absolute atomic E-state index is 0.0280. The average molecular weight is 189 g/mol. The molecule has 0 aromatic carbocycles. The summed E-state index contributed by atoms with van der Waals surface area (Å²) in [6.45, 7) is 1.88. The second-order valence-corrected chi connectivity index (χ2v) is 3.13. The molecule has 4 nitrogen and oxygen atoms in total. The van der Waals surface area contributed by atoms with Crippen molar-refractivity contribution >= 4 is 23.8 Å². The zero-order valence-electron chi connectivity index (χ0n) is 6.54. The highest BCUT2D eigenvalue weighted by atomic mass is 35.5. The monoisotopic (exact) mass is 188 g/mol. The molecule has 0 fully saturated rings. The molecule has 1 atom stereocenters. The lowest BCUT2D eigenvalue weighted by Gasteiger charge is -2.23. The zero-order valence-corrected chi connectivity index (χ0v) is 7.30. The quantitative estimate of drug-likeness (QED) is 0.501. The van der Waals surface area contributed by atoms with Crippen LogP contribution >= 0.6 is 11.6 Å². The fraction of sp³-hybridized carbons (Fsp3) is 0.429. The molecule has 0 saturated carbocycles. The number of hydrogen-bond acceptors (Lipinski definition) is 3. The van der Waals surface area contributed by atoms with E-state index in [2.05, 4.69) is 10.3 Å². The number of aliphatic carboxylic acids is 1. The molecule has 12 heavy (non-hydrogen) atoms. The van der Waals surface area contributed by atoms with Crippen LogP contribution in [-0.4, -0.2) is 22.3 Å². The van der Waals surface area contributed by atoms with Crippen molar-refractivity contribution in [3.63, 3.8) is 0 Å². The molecule has 1 rings (SSSR count). The van der Waals surface area contributed by atoms with Crippen molar-refractivity contribution in [1.29, 1.82) is 0 Å². The highest BCUT2D eigenvalue weighted by Gasteiger charge is 2.24. The first-order valence-corrected chi connectivity index (χ1v) is 3.90. The molecule has 1 unspecified atom stereocenters. The average Bonchev–Trinajstić information content (AvgIpc) is 2.05. The van der Waals surface area contributed by atoms with Gasteiger partial charge in [0.05, 0.1) is 0 Å². The van der Waals surface area contributed by atoms with Crippen molar-refractivity contribution in [3.05, 3.63) is 11.9 Å². The third-order valence-corrected chi connectivity index (χ3v) is 2.06. The number of carboxylic acids is 1. The first kappa shape index (κ1) is 9.06. The van der Waals surface area contributed by atoms with Gasteiger partial charge in [-0.1, -0.05) is 18.5 Å². The molecule has 1 heterocycles. The van der Waals surface area contributed by atoms with E-state index in [1.54, 1.807) is 0 Å². The molecule has 2 N–H and O–H groups in total. The van der Waals surface area contributed by atoms with Crippen LogP contribution in [0.2, 0.25) is 0 Å². The molecule has 1 aliphatic heterocycles. The van der Waals surface area contributed by atoms with Crippen molar-refractivity contribution in [1.82, 2.24) is 5.32 Å². The Bertz CT molecular complexity index is 262. The van der Waals surface area contributed by atoms with Crippen LogP contribution in [0.5, 0.6) is 0 Å². The number of nitrogens with zero attached hydrogens (tertiary/aromatic N) is 1. The lowest BCUT2D eigenvalue weighted by Crippen LogP contribution is -2.39. The number of nitrogens with one attached hydrogen (secondary N) is 1. The maximum absolute atomic E-state index is 10.4. The molecule has 0 aliphatic carbocycles. The van der Waals surface area contributed by atoms with E-state index in [1.165, 1.54) is 12.4 Å². The number of carbonyl (C=O) groups is 1. The number of rotatable bonds is 2. The topological polar surface area (TPSA) is 61.7 Å². The van der Waals surface area contributed by atoms with Crippen LogP contribution in [0.3, 0.4) is 0 Å². The summed E-state index contributed by atoms with van der Waals surface area (Å²) in [5, 5.41) is 11.3.